The number of benzene rings is 1. The molecule has 0 saturated carbocycles. The van der Waals surface area contributed by atoms with E-state index in [1.54, 1.807) is 27.3 Å². The predicted molar refractivity (Wildman–Crippen MR) is 114 cm³/mol. The molecule has 0 aliphatic carbocycles. The van der Waals surface area contributed by atoms with Gasteiger partial charge in [0.1, 0.15) is 12.3 Å². The molecular formula is C18H29IN4O2. The highest BCUT2D eigenvalue weighted by atomic mass is 127. The zero-order valence-corrected chi connectivity index (χ0v) is 17.8. The summed E-state index contributed by atoms with van der Waals surface area (Å²) in [5.74, 6) is 1.45. The van der Waals surface area contributed by atoms with E-state index in [4.69, 9.17) is 4.74 Å². The molecular weight excluding hydrogens is 431 g/mol. The normalized spacial score (nSPS) is 10.5. The lowest BCUT2D eigenvalue weighted by atomic mass is 10.1. The maximum Gasteiger partial charge on any atom is 0.243 e. The Hall–Kier alpha value is -1.77. The molecule has 0 aliphatic heterocycles. The number of likely N-dealkylation sites (N-methyl/N-ethyl adjacent to an activating group) is 1. The molecule has 0 bridgehead atoms. The fourth-order valence-corrected chi connectivity index (χ4v) is 1.98. The van der Waals surface area contributed by atoms with Crippen molar-refractivity contribution in [1.29, 1.82) is 0 Å². The molecule has 7 heteroatoms. The summed E-state index contributed by atoms with van der Waals surface area (Å²) in [5.41, 5.74) is 2.30. The topological polar surface area (TPSA) is 66.0 Å². The minimum absolute atomic E-state index is 0. The van der Waals surface area contributed by atoms with Gasteiger partial charge in [-0.05, 0) is 30.5 Å². The van der Waals surface area contributed by atoms with Gasteiger partial charge in [0, 0.05) is 27.2 Å². The molecule has 1 rings (SSSR count). The average Bonchev–Trinajstić information content (AvgIpc) is 2.57. The van der Waals surface area contributed by atoms with Gasteiger partial charge in [-0.3, -0.25) is 4.79 Å². The SMILES string of the molecule is C=CCNC(=NCC(=O)N(C)C)NCCc1ccc(C)c(OC)c1.I. The number of ether oxygens (including phenoxy) is 1. The second kappa shape index (κ2) is 12.6. The third-order valence-corrected chi connectivity index (χ3v) is 3.46. The largest absolute Gasteiger partial charge is 0.496 e. The minimum atomic E-state index is -0.0435. The molecule has 0 aliphatic rings. The average molecular weight is 460 g/mol. The first-order valence-corrected chi connectivity index (χ1v) is 7.94. The van der Waals surface area contributed by atoms with Gasteiger partial charge < -0.3 is 20.3 Å². The van der Waals surface area contributed by atoms with Gasteiger partial charge in [-0.25, -0.2) is 4.99 Å². The van der Waals surface area contributed by atoms with E-state index in [0.717, 1.165) is 17.7 Å². The van der Waals surface area contributed by atoms with E-state index in [0.29, 0.717) is 19.0 Å². The lowest BCUT2D eigenvalue weighted by Gasteiger charge is -2.13. The van der Waals surface area contributed by atoms with Crippen molar-refractivity contribution in [3.8, 4) is 5.75 Å². The van der Waals surface area contributed by atoms with Crippen LogP contribution in [-0.2, 0) is 11.2 Å². The van der Waals surface area contributed by atoms with Gasteiger partial charge in [0.25, 0.3) is 0 Å². The third kappa shape index (κ3) is 8.76. The van der Waals surface area contributed by atoms with Crippen molar-refractivity contribution < 1.29 is 9.53 Å². The number of aliphatic imine (C=N–C) groups is 1. The van der Waals surface area contributed by atoms with E-state index in [1.165, 1.54) is 10.5 Å². The minimum Gasteiger partial charge on any atom is -0.496 e. The Morgan fingerprint density at radius 1 is 1.36 bits per heavy atom. The van der Waals surface area contributed by atoms with Gasteiger partial charge in [-0.2, -0.15) is 0 Å². The number of guanidine groups is 1. The van der Waals surface area contributed by atoms with E-state index in [-0.39, 0.29) is 36.4 Å². The molecule has 0 unspecified atom stereocenters. The first-order valence-electron chi connectivity index (χ1n) is 7.94. The fraction of sp³-hybridized carbons (Fsp3) is 0.444. The summed E-state index contributed by atoms with van der Waals surface area (Å²) in [6.45, 7) is 7.09. The van der Waals surface area contributed by atoms with E-state index in [9.17, 15) is 4.79 Å². The summed E-state index contributed by atoms with van der Waals surface area (Å²) in [6, 6.07) is 6.18. The molecule has 25 heavy (non-hydrogen) atoms. The zero-order chi connectivity index (χ0) is 17.9. The van der Waals surface area contributed by atoms with Crippen LogP contribution in [0.25, 0.3) is 0 Å². The molecule has 140 valence electrons. The number of nitrogens with one attached hydrogen (secondary N) is 2. The Balaban J connectivity index is 0.00000576. The summed E-state index contributed by atoms with van der Waals surface area (Å²) < 4.78 is 5.34. The van der Waals surface area contributed by atoms with Gasteiger partial charge in [-0.1, -0.05) is 18.2 Å². The highest BCUT2D eigenvalue weighted by molar-refractivity contribution is 14.0. The molecule has 0 aromatic heterocycles. The summed E-state index contributed by atoms with van der Waals surface area (Å²) in [7, 11) is 5.11. The number of rotatable bonds is 8. The van der Waals surface area contributed by atoms with Crippen molar-refractivity contribution in [3.05, 3.63) is 42.0 Å². The van der Waals surface area contributed by atoms with Crippen LogP contribution in [0.2, 0.25) is 0 Å². The van der Waals surface area contributed by atoms with Gasteiger partial charge in [0.2, 0.25) is 5.91 Å². The highest BCUT2D eigenvalue weighted by Crippen LogP contribution is 2.18. The summed E-state index contributed by atoms with van der Waals surface area (Å²) in [4.78, 5) is 17.5. The van der Waals surface area contributed by atoms with Gasteiger partial charge in [0.05, 0.1) is 7.11 Å². The van der Waals surface area contributed by atoms with Crippen LogP contribution in [0, 0.1) is 6.92 Å². The molecule has 0 radical (unpaired) electrons. The molecule has 1 amide bonds. The molecule has 0 saturated heterocycles. The van der Waals surface area contributed by atoms with Crippen LogP contribution in [0.4, 0.5) is 0 Å². The molecule has 1 aromatic carbocycles. The maximum absolute atomic E-state index is 11.6. The van der Waals surface area contributed by atoms with Crippen LogP contribution < -0.4 is 15.4 Å². The highest BCUT2D eigenvalue weighted by Gasteiger charge is 2.05. The second-order valence-corrected chi connectivity index (χ2v) is 5.60. The first kappa shape index (κ1) is 23.2. The van der Waals surface area contributed by atoms with Crippen LogP contribution >= 0.6 is 24.0 Å². The summed E-state index contributed by atoms with van der Waals surface area (Å²) in [5, 5.41) is 6.34. The van der Waals surface area contributed by atoms with Gasteiger partial charge in [-0.15, -0.1) is 30.6 Å². The molecule has 0 spiro atoms. The van der Waals surface area contributed by atoms with Crippen molar-refractivity contribution in [2.75, 3.05) is 40.8 Å². The monoisotopic (exact) mass is 460 g/mol. The Morgan fingerprint density at radius 2 is 2.08 bits per heavy atom. The Labute approximate surface area is 167 Å². The quantitative estimate of drug-likeness (QED) is 0.270. The third-order valence-electron chi connectivity index (χ3n) is 3.46. The van der Waals surface area contributed by atoms with Crippen molar-refractivity contribution in [2.24, 2.45) is 4.99 Å². The van der Waals surface area contributed by atoms with Crippen molar-refractivity contribution in [3.63, 3.8) is 0 Å². The lowest BCUT2D eigenvalue weighted by molar-refractivity contribution is -0.127. The molecule has 0 atom stereocenters. The van der Waals surface area contributed by atoms with E-state index < -0.39 is 0 Å². The summed E-state index contributed by atoms with van der Waals surface area (Å²) >= 11 is 0. The van der Waals surface area contributed by atoms with Crippen molar-refractivity contribution in [1.82, 2.24) is 15.5 Å². The Morgan fingerprint density at radius 3 is 2.68 bits per heavy atom. The summed E-state index contributed by atoms with van der Waals surface area (Å²) in [6.07, 6.45) is 2.57. The Bertz CT molecular complexity index is 588. The lowest BCUT2D eigenvalue weighted by Crippen LogP contribution is -2.39. The molecule has 2 N–H and O–H groups in total. The number of aryl methyl sites for hydroxylation is 1. The first-order chi connectivity index (χ1) is 11.5. The van der Waals surface area contributed by atoms with E-state index in [2.05, 4.69) is 34.3 Å². The van der Waals surface area contributed by atoms with Crippen molar-refractivity contribution >= 4 is 35.8 Å². The second-order valence-electron chi connectivity index (χ2n) is 5.60. The maximum atomic E-state index is 11.6. The number of hydrogen-bond donors (Lipinski definition) is 2. The number of methoxy groups -OCH3 is 1. The van der Waals surface area contributed by atoms with Crippen molar-refractivity contribution in [2.45, 2.75) is 13.3 Å². The number of carbonyl (C=O) groups excluding carboxylic acids is 1. The standard InChI is InChI=1S/C18H28N4O2.HI/c1-6-10-19-18(21-13-17(23)22(3)4)20-11-9-15-8-7-14(2)16(12-15)24-5;/h6-8,12H,1,9-11,13H2,2-5H3,(H2,19,20,21);1H. The van der Waals surface area contributed by atoms with Crippen LogP contribution in [0.1, 0.15) is 11.1 Å². The van der Waals surface area contributed by atoms with Crippen LogP contribution in [0.15, 0.2) is 35.8 Å². The molecule has 0 heterocycles. The fourth-order valence-electron chi connectivity index (χ4n) is 1.98. The van der Waals surface area contributed by atoms with E-state index >= 15 is 0 Å². The smallest absolute Gasteiger partial charge is 0.243 e. The van der Waals surface area contributed by atoms with Gasteiger partial charge in [0.15, 0.2) is 5.96 Å². The molecule has 6 nitrogen and oxygen atoms in total. The van der Waals surface area contributed by atoms with Gasteiger partial charge >= 0.3 is 0 Å². The predicted octanol–water partition coefficient (Wildman–Crippen LogP) is 1.97. The van der Waals surface area contributed by atoms with Crippen LogP contribution in [0.3, 0.4) is 0 Å². The number of nitrogens with zero attached hydrogens (tertiary/aromatic N) is 2. The Kier molecular flexibility index (Phi) is 11.7. The van der Waals surface area contributed by atoms with E-state index in [1.807, 2.05) is 13.0 Å². The number of carbonyl (C=O) groups is 1. The zero-order valence-electron chi connectivity index (χ0n) is 15.5. The number of halogens is 1. The molecule has 0 fully saturated rings. The van der Waals surface area contributed by atoms with Crippen LogP contribution in [-0.4, -0.2) is 57.6 Å². The van der Waals surface area contributed by atoms with Crippen LogP contribution in [0.5, 0.6) is 5.75 Å². The number of hydrogen-bond acceptors (Lipinski definition) is 3. The molecule has 1 aromatic rings. The number of amides is 1.